The summed E-state index contributed by atoms with van der Waals surface area (Å²) in [6, 6.07) is 13.1. The molecule has 25 heavy (non-hydrogen) atoms. The molecule has 0 radical (unpaired) electrons. The van der Waals surface area contributed by atoms with Crippen molar-refractivity contribution < 1.29 is 22.7 Å². The molecule has 0 fully saturated rings. The smallest absolute Gasteiger partial charge is 0.422 e. The molecule has 0 atom stereocenters. The van der Waals surface area contributed by atoms with Crippen molar-refractivity contribution >= 4 is 23.2 Å². The number of nitrogens with one attached hydrogen (secondary N) is 2. The van der Waals surface area contributed by atoms with Crippen LogP contribution >= 0.6 is 11.6 Å². The van der Waals surface area contributed by atoms with Gasteiger partial charge in [0.2, 0.25) is 5.91 Å². The Balaban J connectivity index is 1.75. The number of anilines is 1. The number of benzene rings is 2. The zero-order valence-electron chi connectivity index (χ0n) is 13.1. The van der Waals surface area contributed by atoms with Crippen molar-refractivity contribution in [3.8, 4) is 5.75 Å². The summed E-state index contributed by atoms with van der Waals surface area (Å²) in [6.07, 6.45) is -4.37. The summed E-state index contributed by atoms with van der Waals surface area (Å²) >= 11 is 5.97. The van der Waals surface area contributed by atoms with E-state index in [-0.39, 0.29) is 24.7 Å². The van der Waals surface area contributed by atoms with Gasteiger partial charge >= 0.3 is 6.18 Å². The molecule has 2 rings (SSSR count). The first-order chi connectivity index (χ1) is 11.8. The predicted octanol–water partition coefficient (Wildman–Crippen LogP) is 4.01. The lowest BCUT2D eigenvalue weighted by atomic mass is 10.2. The SMILES string of the molecule is O=C(CNc1ccccc1Cl)NCc1ccc(OCC(F)(F)F)cc1. The van der Waals surface area contributed by atoms with Crippen molar-refractivity contribution in [3.05, 3.63) is 59.1 Å². The highest BCUT2D eigenvalue weighted by atomic mass is 35.5. The Morgan fingerprint density at radius 2 is 1.76 bits per heavy atom. The van der Waals surface area contributed by atoms with E-state index in [1.54, 1.807) is 36.4 Å². The topological polar surface area (TPSA) is 50.4 Å². The minimum absolute atomic E-state index is 0.0521. The number of carbonyl (C=O) groups excluding carboxylic acids is 1. The summed E-state index contributed by atoms with van der Waals surface area (Å²) in [7, 11) is 0. The van der Waals surface area contributed by atoms with Crippen LogP contribution in [-0.2, 0) is 11.3 Å². The van der Waals surface area contributed by atoms with Gasteiger partial charge in [-0.05, 0) is 29.8 Å². The van der Waals surface area contributed by atoms with Gasteiger partial charge in [0.25, 0.3) is 0 Å². The Hall–Kier alpha value is -2.41. The summed E-state index contributed by atoms with van der Waals surface area (Å²) < 4.78 is 40.8. The Kier molecular flexibility index (Phi) is 6.52. The maximum atomic E-state index is 12.1. The van der Waals surface area contributed by atoms with Crippen molar-refractivity contribution in [1.82, 2.24) is 5.32 Å². The van der Waals surface area contributed by atoms with Gasteiger partial charge in [-0.1, -0.05) is 35.9 Å². The molecule has 0 aliphatic carbocycles. The van der Waals surface area contributed by atoms with Gasteiger partial charge in [0.1, 0.15) is 5.75 Å². The molecule has 1 amide bonds. The van der Waals surface area contributed by atoms with E-state index in [0.717, 1.165) is 5.56 Å². The van der Waals surface area contributed by atoms with Crippen LogP contribution in [0.15, 0.2) is 48.5 Å². The van der Waals surface area contributed by atoms with Crippen LogP contribution < -0.4 is 15.4 Å². The fourth-order valence-corrected chi connectivity index (χ4v) is 2.11. The lowest BCUT2D eigenvalue weighted by Gasteiger charge is -2.11. The molecule has 0 unspecified atom stereocenters. The van der Waals surface area contributed by atoms with Crippen LogP contribution in [0.25, 0.3) is 0 Å². The van der Waals surface area contributed by atoms with Crippen LogP contribution in [0.5, 0.6) is 5.75 Å². The summed E-state index contributed by atoms with van der Waals surface area (Å²) in [5.74, 6) is -0.120. The monoisotopic (exact) mass is 372 g/mol. The molecular formula is C17H16ClF3N2O2. The first-order valence-electron chi connectivity index (χ1n) is 7.37. The van der Waals surface area contributed by atoms with E-state index in [1.807, 2.05) is 0 Å². The summed E-state index contributed by atoms with van der Waals surface area (Å²) in [5, 5.41) is 6.14. The molecule has 0 aliphatic heterocycles. The van der Waals surface area contributed by atoms with Crippen molar-refractivity contribution in [1.29, 1.82) is 0 Å². The fraction of sp³-hybridized carbons (Fsp3) is 0.235. The largest absolute Gasteiger partial charge is 0.484 e. The molecule has 0 aliphatic rings. The lowest BCUT2D eigenvalue weighted by Crippen LogP contribution is -2.29. The van der Waals surface area contributed by atoms with Crippen LogP contribution in [-0.4, -0.2) is 25.2 Å². The molecule has 4 nitrogen and oxygen atoms in total. The van der Waals surface area contributed by atoms with E-state index < -0.39 is 12.8 Å². The van der Waals surface area contributed by atoms with Crippen LogP contribution in [0, 0.1) is 0 Å². The normalized spacial score (nSPS) is 11.0. The van der Waals surface area contributed by atoms with E-state index in [1.165, 1.54) is 12.1 Å². The molecule has 2 N–H and O–H groups in total. The van der Waals surface area contributed by atoms with Gasteiger partial charge in [-0.15, -0.1) is 0 Å². The fourth-order valence-electron chi connectivity index (χ4n) is 1.91. The number of ether oxygens (including phenoxy) is 1. The average Bonchev–Trinajstić information content (AvgIpc) is 2.57. The van der Waals surface area contributed by atoms with Crippen LogP contribution in [0.4, 0.5) is 18.9 Å². The Labute approximate surface area is 147 Å². The Morgan fingerprint density at radius 1 is 1.08 bits per heavy atom. The number of hydrogen-bond acceptors (Lipinski definition) is 3. The molecular weight excluding hydrogens is 357 g/mol. The standard InChI is InChI=1S/C17H16ClF3N2O2/c18-14-3-1-2-4-15(14)22-10-16(24)23-9-12-5-7-13(8-6-12)25-11-17(19,20)21/h1-8,22H,9-11H2,(H,23,24). The molecule has 2 aromatic carbocycles. The van der Waals surface area contributed by atoms with E-state index in [2.05, 4.69) is 15.4 Å². The van der Waals surface area contributed by atoms with Gasteiger partial charge in [-0.3, -0.25) is 4.79 Å². The summed E-state index contributed by atoms with van der Waals surface area (Å²) in [5.41, 5.74) is 1.40. The molecule has 8 heteroatoms. The average molecular weight is 373 g/mol. The molecule has 0 aromatic heterocycles. The molecule has 0 heterocycles. The highest BCUT2D eigenvalue weighted by molar-refractivity contribution is 6.33. The van der Waals surface area contributed by atoms with Gasteiger partial charge in [0, 0.05) is 6.54 Å². The third kappa shape index (κ3) is 6.93. The van der Waals surface area contributed by atoms with Gasteiger partial charge in [-0.25, -0.2) is 0 Å². The number of halogens is 4. The van der Waals surface area contributed by atoms with Crippen molar-refractivity contribution in [3.63, 3.8) is 0 Å². The number of para-hydroxylation sites is 1. The first kappa shape index (κ1) is 18.9. The summed E-state index contributed by atoms with van der Waals surface area (Å²) in [4.78, 5) is 11.8. The van der Waals surface area contributed by atoms with Crippen LogP contribution in [0.2, 0.25) is 5.02 Å². The van der Waals surface area contributed by atoms with E-state index in [0.29, 0.717) is 10.7 Å². The van der Waals surface area contributed by atoms with E-state index in [9.17, 15) is 18.0 Å². The minimum Gasteiger partial charge on any atom is -0.484 e. The number of alkyl halides is 3. The quantitative estimate of drug-likeness (QED) is 0.772. The van der Waals surface area contributed by atoms with Crippen LogP contribution in [0.3, 0.4) is 0 Å². The second-order valence-corrected chi connectivity index (χ2v) is 5.57. The second kappa shape index (κ2) is 8.62. The van der Waals surface area contributed by atoms with Crippen molar-refractivity contribution in [2.24, 2.45) is 0 Å². The first-order valence-corrected chi connectivity index (χ1v) is 7.75. The highest BCUT2D eigenvalue weighted by Gasteiger charge is 2.28. The van der Waals surface area contributed by atoms with Gasteiger partial charge in [-0.2, -0.15) is 13.2 Å². The maximum Gasteiger partial charge on any atom is 0.422 e. The second-order valence-electron chi connectivity index (χ2n) is 5.16. The number of carbonyl (C=O) groups is 1. The zero-order valence-corrected chi connectivity index (χ0v) is 13.8. The number of rotatable bonds is 7. The predicted molar refractivity (Wildman–Crippen MR) is 89.8 cm³/mol. The zero-order chi connectivity index (χ0) is 18.3. The highest BCUT2D eigenvalue weighted by Crippen LogP contribution is 2.20. The number of amides is 1. The van der Waals surface area contributed by atoms with Gasteiger partial charge in [0.15, 0.2) is 6.61 Å². The third-order valence-corrected chi connectivity index (χ3v) is 3.46. The molecule has 0 spiro atoms. The molecule has 0 saturated heterocycles. The molecule has 0 bridgehead atoms. The third-order valence-electron chi connectivity index (χ3n) is 3.13. The van der Waals surface area contributed by atoms with Crippen LogP contribution in [0.1, 0.15) is 5.56 Å². The van der Waals surface area contributed by atoms with Gasteiger partial charge in [0.05, 0.1) is 17.3 Å². The summed E-state index contributed by atoms with van der Waals surface area (Å²) in [6.45, 7) is -1.03. The van der Waals surface area contributed by atoms with Crippen molar-refractivity contribution in [2.45, 2.75) is 12.7 Å². The molecule has 2 aromatic rings. The van der Waals surface area contributed by atoms with Gasteiger partial charge < -0.3 is 15.4 Å². The Bertz CT molecular complexity index is 706. The molecule has 0 saturated carbocycles. The minimum atomic E-state index is -4.37. The molecule has 134 valence electrons. The van der Waals surface area contributed by atoms with E-state index in [4.69, 9.17) is 11.6 Å². The lowest BCUT2D eigenvalue weighted by molar-refractivity contribution is -0.153. The maximum absolute atomic E-state index is 12.1. The van der Waals surface area contributed by atoms with Crippen molar-refractivity contribution in [2.75, 3.05) is 18.5 Å². The number of hydrogen-bond donors (Lipinski definition) is 2. The Morgan fingerprint density at radius 3 is 2.40 bits per heavy atom. The van der Waals surface area contributed by atoms with E-state index >= 15 is 0 Å².